The smallest absolute Gasteiger partial charge is 0.0351 e. The van der Waals surface area contributed by atoms with Crippen molar-refractivity contribution in [1.82, 2.24) is 10.2 Å². The maximum absolute atomic E-state index is 3.35. The van der Waals surface area contributed by atoms with Crippen molar-refractivity contribution in [3.05, 3.63) is 0 Å². The Labute approximate surface area is 91.2 Å². The third-order valence-electron chi connectivity index (χ3n) is 2.91. The molecule has 2 rings (SSSR count). The van der Waals surface area contributed by atoms with Crippen LogP contribution >= 0.6 is 24.2 Å². The molecule has 0 radical (unpaired) electrons. The molecule has 1 N–H and O–H groups in total. The summed E-state index contributed by atoms with van der Waals surface area (Å²) in [6.45, 7) is 8.43. The molecule has 0 aromatic carbocycles. The quantitative estimate of drug-likeness (QED) is 0.718. The highest BCUT2D eigenvalue weighted by atomic mass is 35.5. The van der Waals surface area contributed by atoms with Crippen LogP contribution < -0.4 is 5.32 Å². The largest absolute Gasteiger partial charge is 0.314 e. The number of hydrogen-bond donors (Lipinski definition) is 1. The van der Waals surface area contributed by atoms with Crippen LogP contribution in [0.5, 0.6) is 0 Å². The summed E-state index contributed by atoms with van der Waals surface area (Å²) in [4.78, 5) is 2.68. The average Bonchev–Trinajstić information content (AvgIpc) is 1.89. The van der Waals surface area contributed by atoms with Gasteiger partial charge in [0.25, 0.3) is 0 Å². The van der Waals surface area contributed by atoms with Gasteiger partial charge >= 0.3 is 0 Å². The van der Waals surface area contributed by atoms with Gasteiger partial charge in [0.1, 0.15) is 0 Å². The second-order valence-corrected chi connectivity index (χ2v) is 5.48. The van der Waals surface area contributed by atoms with Crippen LogP contribution in [0.4, 0.5) is 0 Å². The first kappa shape index (κ1) is 11.6. The van der Waals surface area contributed by atoms with Gasteiger partial charge < -0.3 is 5.32 Å². The Balaban J connectivity index is 0.000000845. The van der Waals surface area contributed by atoms with E-state index in [2.05, 4.69) is 35.8 Å². The summed E-state index contributed by atoms with van der Waals surface area (Å²) < 4.78 is 0. The predicted octanol–water partition coefficient (Wildman–Crippen LogP) is 1.21. The molecule has 78 valence electrons. The van der Waals surface area contributed by atoms with Crippen LogP contribution in [-0.2, 0) is 0 Å². The maximum Gasteiger partial charge on any atom is 0.0351 e. The fraction of sp³-hybridized carbons (Fsp3) is 1.00. The summed E-state index contributed by atoms with van der Waals surface area (Å²) in [5, 5.41) is 3.35. The fourth-order valence-corrected chi connectivity index (χ4v) is 3.18. The Morgan fingerprint density at radius 3 is 2.54 bits per heavy atom. The van der Waals surface area contributed by atoms with Crippen molar-refractivity contribution in [1.29, 1.82) is 0 Å². The third-order valence-corrected chi connectivity index (χ3v) is 4.29. The molecule has 2 nitrogen and oxygen atoms in total. The number of halogens is 1. The van der Waals surface area contributed by atoms with Crippen LogP contribution in [-0.4, -0.2) is 47.6 Å². The normalized spacial score (nSPS) is 29.1. The van der Waals surface area contributed by atoms with Crippen molar-refractivity contribution in [3.63, 3.8) is 0 Å². The third kappa shape index (κ3) is 2.32. The minimum absolute atomic E-state index is 0. The van der Waals surface area contributed by atoms with E-state index >= 15 is 0 Å². The average molecular weight is 223 g/mol. The summed E-state index contributed by atoms with van der Waals surface area (Å²) in [5.41, 5.74) is 0.426. The lowest BCUT2D eigenvalue weighted by atomic mass is 9.99. The van der Waals surface area contributed by atoms with Gasteiger partial charge in [0, 0.05) is 42.7 Å². The Morgan fingerprint density at radius 1 is 1.38 bits per heavy atom. The van der Waals surface area contributed by atoms with Gasteiger partial charge in [-0.15, -0.1) is 12.4 Å². The highest BCUT2D eigenvalue weighted by Gasteiger charge is 2.37. The Hall–Kier alpha value is 0.560. The van der Waals surface area contributed by atoms with Crippen LogP contribution in [0, 0.1) is 0 Å². The molecular weight excluding hydrogens is 204 g/mol. The van der Waals surface area contributed by atoms with Gasteiger partial charge in [-0.3, -0.25) is 4.90 Å². The van der Waals surface area contributed by atoms with Crippen LogP contribution in [0.25, 0.3) is 0 Å². The molecule has 0 amide bonds. The Bertz CT molecular complexity index is 171. The molecule has 0 bridgehead atoms. The first-order valence-corrected chi connectivity index (χ1v) is 5.91. The van der Waals surface area contributed by atoms with Crippen molar-refractivity contribution in [3.8, 4) is 0 Å². The van der Waals surface area contributed by atoms with E-state index in [-0.39, 0.29) is 12.4 Å². The molecule has 2 fully saturated rings. The second kappa shape index (κ2) is 4.39. The van der Waals surface area contributed by atoms with Gasteiger partial charge in [0.2, 0.25) is 0 Å². The van der Waals surface area contributed by atoms with Crippen LogP contribution in [0.2, 0.25) is 0 Å². The Morgan fingerprint density at radius 2 is 2.08 bits per heavy atom. The number of nitrogens with one attached hydrogen (secondary N) is 1. The van der Waals surface area contributed by atoms with Gasteiger partial charge in [-0.25, -0.2) is 0 Å². The van der Waals surface area contributed by atoms with E-state index < -0.39 is 0 Å². The number of hydrogen-bond acceptors (Lipinski definition) is 3. The SMILES string of the molecule is CC1(C)CSCCN1C1CNC1.Cl. The molecule has 0 aromatic rings. The molecule has 2 saturated heterocycles. The van der Waals surface area contributed by atoms with Gasteiger partial charge in [-0.2, -0.15) is 11.8 Å². The number of rotatable bonds is 1. The predicted molar refractivity (Wildman–Crippen MR) is 62.0 cm³/mol. The van der Waals surface area contributed by atoms with E-state index in [1.807, 2.05) is 0 Å². The minimum atomic E-state index is 0. The maximum atomic E-state index is 3.35. The summed E-state index contributed by atoms with van der Waals surface area (Å²) in [6.07, 6.45) is 0. The van der Waals surface area contributed by atoms with E-state index in [0.717, 1.165) is 6.04 Å². The minimum Gasteiger partial charge on any atom is -0.314 e. The molecule has 0 spiro atoms. The monoisotopic (exact) mass is 222 g/mol. The molecule has 2 aliphatic heterocycles. The van der Waals surface area contributed by atoms with E-state index in [9.17, 15) is 0 Å². The molecule has 0 atom stereocenters. The van der Waals surface area contributed by atoms with Crippen molar-refractivity contribution in [2.45, 2.75) is 25.4 Å². The topological polar surface area (TPSA) is 15.3 Å². The molecule has 0 aromatic heterocycles. The summed E-state index contributed by atoms with van der Waals surface area (Å²) in [5.74, 6) is 2.61. The van der Waals surface area contributed by atoms with Crippen LogP contribution in [0.3, 0.4) is 0 Å². The van der Waals surface area contributed by atoms with Gasteiger partial charge in [0.05, 0.1) is 0 Å². The second-order valence-electron chi connectivity index (χ2n) is 4.37. The van der Waals surface area contributed by atoms with Crippen molar-refractivity contribution < 1.29 is 0 Å². The molecule has 0 saturated carbocycles. The standard InChI is InChI=1S/C9H18N2S.ClH/c1-9(2)7-12-4-3-11(9)8-5-10-6-8;/h8,10H,3-7H2,1-2H3;1H. The van der Waals surface area contributed by atoms with E-state index in [1.54, 1.807) is 0 Å². The van der Waals surface area contributed by atoms with E-state index in [4.69, 9.17) is 0 Å². The van der Waals surface area contributed by atoms with Gasteiger partial charge in [-0.05, 0) is 13.8 Å². The molecule has 13 heavy (non-hydrogen) atoms. The first-order chi connectivity index (χ1) is 5.70. The lowest BCUT2D eigenvalue weighted by Gasteiger charge is -2.50. The van der Waals surface area contributed by atoms with Crippen LogP contribution in [0.15, 0.2) is 0 Å². The lowest BCUT2D eigenvalue weighted by molar-refractivity contribution is 0.0587. The summed E-state index contributed by atoms with van der Waals surface area (Å²) in [6, 6.07) is 0.820. The highest BCUT2D eigenvalue weighted by Crippen LogP contribution is 2.28. The molecule has 4 heteroatoms. The zero-order chi connectivity index (χ0) is 8.60. The molecular formula is C9H19ClN2S. The number of nitrogens with zero attached hydrogens (tertiary/aromatic N) is 1. The van der Waals surface area contributed by atoms with E-state index in [1.165, 1.54) is 31.1 Å². The van der Waals surface area contributed by atoms with E-state index in [0.29, 0.717) is 5.54 Å². The Kier molecular flexibility index (Phi) is 3.93. The first-order valence-electron chi connectivity index (χ1n) is 4.75. The van der Waals surface area contributed by atoms with Gasteiger partial charge in [-0.1, -0.05) is 0 Å². The summed E-state index contributed by atoms with van der Waals surface area (Å²) >= 11 is 2.10. The van der Waals surface area contributed by atoms with Crippen molar-refractivity contribution >= 4 is 24.2 Å². The van der Waals surface area contributed by atoms with Gasteiger partial charge in [0.15, 0.2) is 0 Å². The molecule has 0 unspecified atom stereocenters. The lowest BCUT2D eigenvalue weighted by Crippen LogP contribution is -2.65. The fourth-order valence-electron chi connectivity index (χ4n) is 2.04. The zero-order valence-electron chi connectivity index (χ0n) is 8.38. The molecule has 2 aliphatic rings. The van der Waals surface area contributed by atoms with Crippen molar-refractivity contribution in [2.24, 2.45) is 0 Å². The molecule has 0 aliphatic carbocycles. The molecule has 2 heterocycles. The zero-order valence-corrected chi connectivity index (χ0v) is 10.0. The number of thioether (sulfide) groups is 1. The summed E-state index contributed by atoms with van der Waals surface area (Å²) in [7, 11) is 0. The highest BCUT2D eigenvalue weighted by molar-refractivity contribution is 7.99. The van der Waals surface area contributed by atoms with Crippen LogP contribution in [0.1, 0.15) is 13.8 Å². The van der Waals surface area contributed by atoms with Crippen molar-refractivity contribution in [2.75, 3.05) is 31.1 Å².